The molecule has 0 fully saturated rings. The van der Waals surface area contributed by atoms with Crippen LogP contribution in [0, 0.1) is 47.4 Å². The Morgan fingerprint density at radius 2 is 0.659 bits per heavy atom. The summed E-state index contributed by atoms with van der Waals surface area (Å²) >= 11 is 0. The van der Waals surface area contributed by atoms with Crippen molar-refractivity contribution in [3.05, 3.63) is 379 Å². The molecule has 0 saturated heterocycles. The Bertz CT molecular complexity index is 6940. The first-order valence-electron chi connectivity index (χ1n) is 47.5. The van der Waals surface area contributed by atoms with Crippen molar-refractivity contribution in [2.75, 3.05) is 125 Å². The SMILES string of the molecule is COc1ccc(NC(=O)c2cccc(Cc3ccc4c(c3)c(C)c(C)n4CCCN(C)C)c2)cc1.COc1cccc(NC(=O)c2cccc(Cc3ccc4c(ccn4CCCN(C)C)c3)c2)c1.Cc1c(C)n(CCCN(C)C)c2ccc(Cc3cccc(C(=O)Nc4ccc(F)cc4)c3)cc12.Cc1c(C)n(CCCN(C)C)c2ccc(Cc3cccc(C(=O)Nc4ccc5c(c4)OCO5)c3)cc12. The molecule has 4 N–H and O–H groups in total. The first-order valence-corrected chi connectivity index (χ1v) is 47.5. The minimum Gasteiger partial charge on any atom is -0.497 e. The highest BCUT2D eigenvalue weighted by Crippen LogP contribution is 2.37. The van der Waals surface area contributed by atoms with E-state index in [-0.39, 0.29) is 36.2 Å². The molecule has 17 rings (SSSR count). The van der Waals surface area contributed by atoms with Crippen molar-refractivity contribution in [1.29, 1.82) is 0 Å². The minimum atomic E-state index is -0.327. The number of benzene rings is 12. The third kappa shape index (κ3) is 26.3. The average molecular weight is 1850 g/mol. The average Bonchev–Trinajstić information content (AvgIpc) is 1.63. The van der Waals surface area contributed by atoms with E-state index in [4.69, 9.17) is 18.9 Å². The number of hydrogen-bond donors (Lipinski definition) is 4. The molecule has 21 heteroatoms. The molecule has 0 bridgehead atoms. The molecule has 0 unspecified atom stereocenters. The smallest absolute Gasteiger partial charge is 0.255 e. The summed E-state index contributed by atoms with van der Waals surface area (Å²) in [5.41, 5.74) is 27.7. The maximum atomic E-state index is 13.1. The number of rotatable bonds is 34. The maximum Gasteiger partial charge on any atom is 0.255 e. The van der Waals surface area contributed by atoms with Gasteiger partial charge in [0.15, 0.2) is 11.5 Å². The van der Waals surface area contributed by atoms with Crippen LogP contribution in [-0.2, 0) is 51.9 Å². The molecule has 0 aliphatic carbocycles. The van der Waals surface area contributed by atoms with Gasteiger partial charge in [0.05, 0.1) is 14.2 Å². The number of nitrogens with zero attached hydrogens (tertiary/aromatic N) is 8. The Labute approximate surface area is 811 Å². The first kappa shape index (κ1) is 99.6. The van der Waals surface area contributed by atoms with E-state index < -0.39 is 0 Å². The Morgan fingerprint density at radius 1 is 0.326 bits per heavy atom. The number of methoxy groups -OCH3 is 2. The number of ether oxygens (including phenoxy) is 4. The number of aromatic nitrogens is 4. The van der Waals surface area contributed by atoms with Gasteiger partial charge in [-0.3, -0.25) is 19.2 Å². The van der Waals surface area contributed by atoms with E-state index in [2.05, 4.69) is 260 Å². The highest BCUT2D eigenvalue weighted by molar-refractivity contribution is 6.07. The monoisotopic (exact) mass is 1850 g/mol. The summed E-state index contributed by atoms with van der Waals surface area (Å²) in [6, 6.07) is 86.2. The number of halogens is 1. The summed E-state index contributed by atoms with van der Waals surface area (Å²) in [4.78, 5) is 60.1. The molecule has 4 amide bonds. The van der Waals surface area contributed by atoms with E-state index in [0.717, 1.165) is 137 Å². The summed E-state index contributed by atoms with van der Waals surface area (Å²) in [5, 5.41) is 16.9. The topological polar surface area (TPSA) is 186 Å². The maximum absolute atomic E-state index is 13.1. The van der Waals surface area contributed by atoms with Gasteiger partial charge >= 0.3 is 0 Å². The van der Waals surface area contributed by atoms with Crippen LogP contribution in [-0.4, -0.2) is 165 Å². The van der Waals surface area contributed by atoms with Gasteiger partial charge in [-0.25, -0.2) is 4.39 Å². The third-order valence-corrected chi connectivity index (χ3v) is 25.7. The molecule has 20 nitrogen and oxygen atoms in total. The normalized spacial score (nSPS) is 11.6. The van der Waals surface area contributed by atoms with Gasteiger partial charge < -0.3 is 78.1 Å². The fraction of sp³-hybridized carbons (Fsp3) is 0.282. The summed E-state index contributed by atoms with van der Waals surface area (Å²) in [7, 11) is 20.2. The lowest BCUT2D eigenvalue weighted by atomic mass is 10.0. The van der Waals surface area contributed by atoms with Crippen LogP contribution in [0.3, 0.4) is 0 Å². The molecular weight excluding hydrogens is 1720 g/mol. The van der Waals surface area contributed by atoms with Crippen LogP contribution in [0.5, 0.6) is 23.0 Å². The number of nitrogens with one attached hydrogen (secondary N) is 4. The van der Waals surface area contributed by atoms with E-state index in [9.17, 15) is 23.6 Å². The van der Waals surface area contributed by atoms with Gasteiger partial charge in [-0.1, -0.05) is 78.9 Å². The zero-order valence-corrected chi connectivity index (χ0v) is 82.7. The van der Waals surface area contributed by atoms with Crippen LogP contribution in [0.4, 0.5) is 27.1 Å². The van der Waals surface area contributed by atoms with Crippen LogP contribution < -0.4 is 40.2 Å². The first-order chi connectivity index (χ1) is 66.6. The lowest BCUT2D eigenvalue weighted by Gasteiger charge is -2.12. The van der Waals surface area contributed by atoms with Gasteiger partial charge in [0.25, 0.3) is 23.6 Å². The van der Waals surface area contributed by atoms with Crippen LogP contribution in [0.25, 0.3) is 43.6 Å². The van der Waals surface area contributed by atoms with Crippen LogP contribution in [0.2, 0.25) is 0 Å². The van der Waals surface area contributed by atoms with Crippen molar-refractivity contribution >= 4 is 90.0 Å². The number of carbonyl (C=O) groups is 4. The summed E-state index contributed by atoms with van der Waals surface area (Å²) in [6.45, 7) is 21.9. The molecule has 0 saturated carbocycles. The number of hydrogen-bond acceptors (Lipinski definition) is 12. The number of anilines is 4. The number of fused-ring (bicyclic) bond motifs is 5. The quantitative estimate of drug-likeness (QED) is 0.0300. The second-order valence-electron chi connectivity index (χ2n) is 37.0. The Morgan fingerprint density at radius 3 is 1.05 bits per heavy atom. The van der Waals surface area contributed by atoms with Gasteiger partial charge in [-0.05, 0) is 418 Å². The van der Waals surface area contributed by atoms with E-state index in [1.165, 1.54) is 112 Å². The Hall–Kier alpha value is -14.4. The minimum absolute atomic E-state index is 0.117. The second kappa shape index (κ2) is 46.9. The fourth-order valence-electron chi connectivity index (χ4n) is 18.0. The number of carbonyl (C=O) groups excluding carboxylic acids is 4. The molecule has 0 atom stereocenters. The molecule has 5 heterocycles. The second-order valence-corrected chi connectivity index (χ2v) is 37.0. The molecule has 0 radical (unpaired) electrons. The van der Waals surface area contributed by atoms with E-state index in [1.54, 1.807) is 38.5 Å². The van der Waals surface area contributed by atoms with Gasteiger partial charge in [-0.2, -0.15) is 0 Å². The van der Waals surface area contributed by atoms with Gasteiger partial charge in [-0.15, -0.1) is 0 Å². The van der Waals surface area contributed by atoms with E-state index >= 15 is 0 Å². The zero-order chi connectivity index (χ0) is 97.6. The van der Waals surface area contributed by atoms with E-state index in [1.807, 2.05) is 133 Å². The lowest BCUT2D eigenvalue weighted by molar-refractivity contribution is 0.101. The lowest BCUT2D eigenvalue weighted by Crippen LogP contribution is -2.15. The molecule has 12 aromatic carbocycles. The highest BCUT2D eigenvalue weighted by atomic mass is 19.1. The van der Waals surface area contributed by atoms with Crippen molar-refractivity contribution in [3.8, 4) is 23.0 Å². The van der Waals surface area contributed by atoms with Crippen molar-refractivity contribution in [3.63, 3.8) is 0 Å². The fourth-order valence-corrected chi connectivity index (χ4v) is 18.0. The third-order valence-electron chi connectivity index (χ3n) is 25.7. The molecule has 138 heavy (non-hydrogen) atoms. The van der Waals surface area contributed by atoms with Crippen LogP contribution >= 0.6 is 0 Å². The van der Waals surface area contributed by atoms with Crippen LogP contribution in [0.15, 0.2) is 273 Å². The van der Waals surface area contributed by atoms with Crippen molar-refractivity contribution < 1.29 is 42.5 Å². The number of amides is 4. The molecule has 16 aromatic rings. The molecule has 1 aliphatic rings. The van der Waals surface area contributed by atoms with Gasteiger partial charge in [0.2, 0.25) is 6.79 Å². The Balaban J connectivity index is 0.000000147. The predicted molar refractivity (Wildman–Crippen MR) is 563 cm³/mol. The molecule has 714 valence electrons. The van der Waals surface area contributed by atoms with Gasteiger partial charge in [0.1, 0.15) is 17.3 Å². The summed E-state index contributed by atoms with van der Waals surface area (Å²) in [5.74, 6) is 1.89. The van der Waals surface area contributed by atoms with Gasteiger partial charge in [0, 0.05) is 145 Å². The molecule has 0 spiro atoms. The highest BCUT2D eigenvalue weighted by Gasteiger charge is 2.21. The standard InChI is InChI=1S/C30H33N3O3.C30H35N3O2.C29H32FN3O.C28H31N3O2/c1-20-21(2)33(14-6-13-32(3)4)27-11-9-23(17-26(20)27)15-22-7-5-8-24(16-22)30(34)31-25-10-12-28-29(18-25)36-19-35-28;1-21-22(2)33(17-7-16-32(3)4)29-15-10-24(20-28(21)29)18-23-8-6-9-25(19-23)30(34)31-26-11-13-27(35-5)14-12-26;1-20-21(2)33(16-6-15-32(3)4)28-14-9-23(19-27(20)28)17-22-7-5-8-24(18-22)29(34)31-26-12-10-25(30)11-13-26;1-30(2)14-6-15-31-16-13-23-18-22(11-12-27(23)31)17-21-7-4-8-24(19-21)28(32)29-25-9-5-10-26(20-25)33-3/h5,7-12,16-18H,6,13-15,19H2,1-4H3,(H,31,34);6,8-15,19-20H,7,16-18H2,1-5H3,(H,31,34);5,7-14,18-19H,6,15-17H2,1-4H3,(H,31,34);4-5,7-13,16,18-20H,6,14-15,17H2,1-3H3,(H,29,32). The predicted octanol–water partition coefficient (Wildman–Crippen LogP) is 23.5. The summed E-state index contributed by atoms with van der Waals surface area (Å²) in [6.07, 6.45) is 9.75. The molecular formula is C117H131FN12O8. The Kier molecular flexibility index (Phi) is 33.9. The summed E-state index contributed by atoms with van der Waals surface area (Å²) < 4.78 is 43.9. The van der Waals surface area contributed by atoms with Crippen LogP contribution in [0.1, 0.15) is 145 Å². The van der Waals surface area contributed by atoms with E-state index in [0.29, 0.717) is 56.6 Å². The van der Waals surface area contributed by atoms with Crippen molar-refractivity contribution in [1.82, 2.24) is 37.9 Å². The largest absolute Gasteiger partial charge is 0.497 e. The van der Waals surface area contributed by atoms with Crippen molar-refractivity contribution in [2.45, 2.75) is 119 Å². The molecule has 4 aromatic heterocycles. The van der Waals surface area contributed by atoms with Crippen molar-refractivity contribution in [2.24, 2.45) is 0 Å². The molecule has 1 aliphatic heterocycles. The number of aryl methyl sites for hydroxylation is 7. The zero-order valence-electron chi connectivity index (χ0n) is 82.7.